The molecular formula is C31H26N8O2. The maximum Gasteiger partial charge on any atom is 0.274 e. The average molecular weight is 543 g/mol. The second-order valence-corrected chi connectivity index (χ2v) is 8.97. The highest BCUT2D eigenvalue weighted by atomic mass is 16.2. The van der Waals surface area contributed by atoms with Crippen LogP contribution in [0.25, 0.3) is 22.2 Å². The average Bonchev–Trinajstić information content (AvgIpc) is 3.32. The number of nitrogen functional groups attached to an aromatic ring is 1. The fraction of sp³-hybridized carbons (Fsp3) is 0.0968. The van der Waals surface area contributed by atoms with E-state index in [2.05, 4.69) is 32.2 Å². The molecule has 41 heavy (non-hydrogen) atoms. The first-order chi connectivity index (χ1) is 19.5. The quantitative estimate of drug-likeness (QED) is 0.323. The van der Waals surface area contributed by atoms with Crippen molar-refractivity contribution in [1.82, 2.24) is 34.4 Å². The number of rotatable bonds is 4. The smallest absolute Gasteiger partial charge is 0.274 e. The van der Waals surface area contributed by atoms with Gasteiger partial charge in [0.2, 0.25) is 0 Å². The van der Waals surface area contributed by atoms with Crippen molar-refractivity contribution < 1.29 is 4.79 Å². The highest BCUT2D eigenvalue weighted by Gasteiger charge is 2.24. The summed E-state index contributed by atoms with van der Waals surface area (Å²) in [7, 11) is 0. The number of hydrogen-bond acceptors (Lipinski definition) is 7. The van der Waals surface area contributed by atoms with Crippen LogP contribution in [0.1, 0.15) is 47.8 Å². The second-order valence-electron chi connectivity index (χ2n) is 8.97. The van der Waals surface area contributed by atoms with Crippen molar-refractivity contribution in [1.29, 1.82) is 0 Å². The summed E-state index contributed by atoms with van der Waals surface area (Å²) in [6, 6.07) is 20.8. The van der Waals surface area contributed by atoms with Gasteiger partial charge in [0.05, 0.1) is 22.6 Å². The molecule has 0 saturated carbocycles. The third-order valence-electron chi connectivity index (χ3n) is 6.33. The molecule has 10 heteroatoms. The Morgan fingerprint density at radius 2 is 1.71 bits per heavy atom. The number of carbonyl (C=O) groups is 1. The first-order valence-electron chi connectivity index (χ1n) is 12.4. The van der Waals surface area contributed by atoms with Crippen molar-refractivity contribution in [3.63, 3.8) is 0 Å². The summed E-state index contributed by atoms with van der Waals surface area (Å²) in [4.78, 5) is 40.6. The van der Waals surface area contributed by atoms with Crippen molar-refractivity contribution in [3.05, 3.63) is 124 Å². The Balaban J connectivity index is 0.00000337. The third kappa shape index (κ3) is 4.99. The Morgan fingerprint density at radius 3 is 2.49 bits per heavy atom. The molecule has 0 aliphatic rings. The predicted molar refractivity (Wildman–Crippen MR) is 158 cm³/mol. The monoisotopic (exact) mass is 542 g/mol. The minimum absolute atomic E-state index is 0. The van der Waals surface area contributed by atoms with E-state index in [0.29, 0.717) is 33.6 Å². The number of anilines is 1. The Bertz CT molecular complexity index is 2010. The molecule has 0 aliphatic heterocycles. The summed E-state index contributed by atoms with van der Waals surface area (Å²) in [5.74, 6) is 6.10. The lowest BCUT2D eigenvalue weighted by molar-refractivity contribution is 0.0931. The molecule has 0 bridgehead atoms. The summed E-state index contributed by atoms with van der Waals surface area (Å²) < 4.78 is 2.88. The number of fused-ring (bicyclic) bond motifs is 2. The molecule has 1 amide bonds. The van der Waals surface area contributed by atoms with Crippen molar-refractivity contribution in [2.75, 3.05) is 5.73 Å². The van der Waals surface area contributed by atoms with Gasteiger partial charge in [-0.2, -0.15) is 5.10 Å². The van der Waals surface area contributed by atoms with Crippen LogP contribution in [0.3, 0.4) is 0 Å². The van der Waals surface area contributed by atoms with Gasteiger partial charge in [0, 0.05) is 29.7 Å². The van der Waals surface area contributed by atoms with E-state index in [-0.39, 0.29) is 24.5 Å². The lowest BCUT2D eigenvalue weighted by atomic mass is 10.1. The Morgan fingerprint density at radius 1 is 0.927 bits per heavy atom. The highest BCUT2D eigenvalue weighted by molar-refractivity contribution is 5.98. The lowest BCUT2D eigenvalue weighted by Gasteiger charge is -2.20. The van der Waals surface area contributed by atoms with E-state index >= 15 is 0 Å². The van der Waals surface area contributed by atoms with Crippen LogP contribution >= 0.6 is 0 Å². The van der Waals surface area contributed by atoms with Crippen molar-refractivity contribution >= 4 is 28.3 Å². The number of nitrogens with zero attached hydrogens (tertiary/aromatic N) is 6. The van der Waals surface area contributed by atoms with E-state index in [1.165, 1.54) is 9.08 Å². The van der Waals surface area contributed by atoms with Crippen LogP contribution in [0.4, 0.5) is 5.82 Å². The van der Waals surface area contributed by atoms with Gasteiger partial charge in [-0.05, 0) is 55.5 Å². The molecule has 202 valence electrons. The van der Waals surface area contributed by atoms with Gasteiger partial charge in [0.15, 0.2) is 17.2 Å². The molecule has 3 N–H and O–H groups in total. The van der Waals surface area contributed by atoms with E-state index < -0.39 is 11.9 Å². The van der Waals surface area contributed by atoms with Gasteiger partial charge in [-0.25, -0.2) is 14.5 Å². The Kier molecular flexibility index (Phi) is 7.26. The molecule has 1 atom stereocenters. The summed E-state index contributed by atoms with van der Waals surface area (Å²) in [6.07, 6.45) is 4.87. The number of pyridine rings is 1. The number of nitrogens with one attached hydrogen (secondary N) is 1. The zero-order chi connectivity index (χ0) is 27.6. The minimum Gasteiger partial charge on any atom is -0.382 e. The molecule has 0 saturated heterocycles. The van der Waals surface area contributed by atoms with Gasteiger partial charge < -0.3 is 11.1 Å². The van der Waals surface area contributed by atoms with E-state index in [1.807, 2.05) is 30.3 Å². The van der Waals surface area contributed by atoms with Gasteiger partial charge in [0.1, 0.15) is 5.82 Å². The molecule has 0 aliphatic carbocycles. The summed E-state index contributed by atoms with van der Waals surface area (Å²) in [6.45, 7) is 1.75. The predicted octanol–water partition coefficient (Wildman–Crippen LogP) is 3.93. The fourth-order valence-electron chi connectivity index (χ4n) is 4.49. The Hall–Kier alpha value is -5.82. The van der Waals surface area contributed by atoms with E-state index in [1.54, 1.807) is 68.0 Å². The Labute approximate surface area is 235 Å². The molecular weight excluding hydrogens is 516 g/mol. The molecule has 0 radical (unpaired) electrons. The van der Waals surface area contributed by atoms with Crippen LogP contribution in [-0.2, 0) is 0 Å². The second kappa shape index (κ2) is 11.1. The van der Waals surface area contributed by atoms with Crippen LogP contribution in [0.15, 0.2) is 96.2 Å². The summed E-state index contributed by atoms with van der Waals surface area (Å²) >= 11 is 0. The SMILES string of the molecule is C.C[C@H](NC(=O)c1c(N)nc2cccnn12)c1nc2cccc(C#Cc3ccncc3)c2c(=O)n1-c1ccccc1. The highest BCUT2D eigenvalue weighted by Crippen LogP contribution is 2.21. The van der Waals surface area contributed by atoms with Crippen molar-refractivity contribution in [2.45, 2.75) is 20.4 Å². The number of hydrogen-bond donors (Lipinski definition) is 2. The van der Waals surface area contributed by atoms with Crippen LogP contribution in [0, 0.1) is 11.8 Å². The van der Waals surface area contributed by atoms with Crippen LogP contribution in [-0.4, -0.2) is 35.0 Å². The first-order valence-corrected chi connectivity index (χ1v) is 12.4. The van der Waals surface area contributed by atoms with Gasteiger partial charge in [0.25, 0.3) is 11.5 Å². The maximum atomic E-state index is 14.1. The molecule has 6 aromatic rings. The first kappa shape index (κ1) is 26.8. The van der Waals surface area contributed by atoms with Gasteiger partial charge >= 0.3 is 0 Å². The number of aromatic nitrogens is 6. The topological polar surface area (TPSA) is 133 Å². The van der Waals surface area contributed by atoms with Crippen molar-refractivity contribution in [3.8, 4) is 17.5 Å². The number of nitrogens with two attached hydrogens (primary N) is 1. The summed E-state index contributed by atoms with van der Waals surface area (Å²) in [5, 5.41) is 7.50. The number of benzene rings is 2. The normalized spacial score (nSPS) is 11.3. The molecule has 10 nitrogen and oxygen atoms in total. The van der Waals surface area contributed by atoms with Gasteiger partial charge in [-0.1, -0.05) is 43.5 Å². The number of para-hydroxylation sites is 1. The van der Waals surface area contributed by atoms with E-state index in [4.69, 9.17) is 10.7 Å². The molecule has 0 spiro atoms. The number of amides is 1. The molecule has 6 rings (SSSR count). The zero-order valence-corrected chi connectivity index (χ0v) is 21.3. The number of imidazole rings is 1. The standard InChI is InChI=1S/C30H22N8O2.CH4/c1-19(34-29(39)26-27(31)36-24-11-6-16-33-38(24)26)28-35-23-10-5-7-21(13-12-20-14-17-32-18-15-20)25(23)30(40)37(28)22-8-3-2-4-9-22;/h2-11,14-19H,31H2,1H3,(H,34,39);1H4/t19-;/m0./s1. The van der Waals surface area contributed by atoms with Crippen molar-refractivity contribution in [2.24, 2.45) is 0 Å². The van der Waals surface area contributed by atoms with E-state index in [9.17, 15) is 9.59 Å². The maximum absolute atomic E-state index is 14.1. The molecule has 0 unspecified atom stereocenters. The minimum atomic E-state index is -0.690. The molecule has 0 fully saturated rings. The fourth-order valence-corrected chi connectivity index (χ4v) is 4.49. The zero-order valence-electron chi connectivity index (χ0n) is 21.3. The van der Waals surface area contributed by atoms with Gasteiger partial charge in [-0.15, -0.1) is 0 Å². The summed E-state index contributed by atoms with van der Waals surface area (Å²) in [5.41, 5.74) is 8.69. The molecule has 4 heterocycles. The lowest BCUT2D eigenvalue weighted by Crippen LogP contribution is -2.34. The van der Waals surface area contributed by atoms with Crippen LogP contribution in [0.5, 0.6) is 0 Å². The van der Waals surface area contributed by atoms with E-state index in [0.717, 1.165) is 5.56 Å². The van der Waals surface area contributed by atoms with Crippen LogP contribution < -0.4 is 16.6 Å². The molecule has 4 aromatic heterocycles. The van der Waals surface area contributed by atoms with Gasteiger partial charge in [-0.3, -0.25) is 19.1 Å². The molecule has 2 aromatic carbocycles. The third-order valence-corrected chi connectivity index (χ3v) is 6.33. The van der Waals surface area contributed by atoms with Crippen LogP contribution in [0.2, 0.25) is 0 Å². The number of carbonyl (C=O) groups excluding carboxylic acids is 1. The largest absolute Gasteiger partial charge is 0.382 e.